The Bertz CT molecular complexity index is 285. The second-order valence-corrected chi connectivity index (χ2v) is 5.89. The summed E-state index contributed by atoms with van der Waals surface area (Å²) in [7, 11) is 0. The minimum atomic E-state index is -0.809. The predicted molar refractivity (Wildman–Crippen MR) is 67.1 cm³/mol. The second kappa shape index (κ2) is 5.75. The van der Waals surface area contributed by atoms with Gasteiger partial charge >= 0.3 is 0 Å². The smallest absolute Gasteiger partial charge is 0.210 e. The molecule has 1 heterocycles. The van der Waals surface area contributed by atoms with Crippen LogP contribution < -0.4 is 0 Å². The van der Waals surface area contributed by atoms with Gasteiger partial charge in [0.05, 0.1) is 12.2 Å². The van der Waals surface area contributed by atoms with Gasteiger partial charge in [-0.25, -0.2) is 0 Å². The van der Waals surface area contributed by atoms with Crippen LogP contribution in [0.3, 0.4) is 0 Å². The third kappa shape index (κ3) is 4.57. The highest BCUT2D eigenvalue weighted by molar-refractivity contribution is 5.01. The maximum atomic E-state index is 10.2. The summed E-state index contributed by atoms with van der Waals surface area (Å²) < 4.78 is 10.7. The van der Waals surface area contributed by atoms with Crippen molar-refractivity contribution < 1.29 is 14.6 Å². The average molecular weight is 240 g/mol. The number of aliphatic hydroxyl groups is 1. The molecule has 98 valence electrons. The Balaban J connectivity index is 2.35. The van der Waals surface area contributed by atoms with Crippen molar-refractivity contribution in [2.24, 2.45) is 5.41 Å². The molecule has 1 aliphatic rings. The maximum absolute atomic E-state index is 10.2. The first-order valence-electron chi connectivity index (χ1n) is 6.30. The Labute approximate surface area is 104 Å². The largest absolute Gasteiger partial charge is 0.414 e. The topological polar surface area (TPSA) is 38.7 Å². The summed E-state index contributed by atoms with van der Waals surface area (Å²) in [5.41, 5.74) is -1.00. The lowest BCUT2D eigenvalue weighted by Gasteiger charge is -2.35. The third-order valence-corrected chi connectivity index (χ3v) is 3.45. The molecule has 0 aliphatic carbocycles. The Morgan fingerprint density at radius 1 is 1.29 bits per heavy atom. The molecule has 0 amide bonds. The van der Waals surface area contributed by atoms with E-state index in [9.17, 15) is 5.11 Å². The standard InChI is InChI=1S/C14H24O3/c1-13(2,3)14(4,15)9-7-11-17-12-8-5-6-10-16-12/h12,15H,5-6,8-10H2,1-4H3. The first-order chi connectivity index (χ1) is 7.83. The molecular formula is C14H24O3. The number of hydrogen-bond acceptors (Lipinski definition) is 3. The van der Waals surface area contributed by atoms with Crippen molar-refractivity contribution in [3.05, 3.63) is 0 Å². The molecule has 0 aromatic heterocycles. The van der Waals surface area contributed by atoms with Crippen LogP contribution in [0.5, 0.6) is 0 Å². The lowest BCUT2D eigenvalue weighted by molar-refractivity contribution is -0.122. The average Bonchev–Trinajstić information content (AvgIpc) is 2.24. The van der Waals surface area contributed by atoms with Gasteiger partial charge in [0.15, 0.2) is 0 Å². The van der Waals surface area contributed by atoms with E-state index in [0.717, 1.165) is 25.9 Å². The Kier molecular flexibility index (Phi) is 4.85. The zero-order valence-corrected chi connectivity index (χ0v) is 11.4. The van der Waals surface area contributed by atoms with Gasteiger partial charge in [0.1, 0.15) is 6.11 Å². The molecule has 0 spiro atoms. The summed E-state index contributed by atoms with van der Waals surface area (Å²) in [6, 6.07) is 0. The van der Waals surface area contributed by atoms with Gasteiger partial charge < -0.3 is 14.6 Å². The van der Waals surface area contributed by atoms with Crippen molar-refractivity contribution >= 4 is 0 Å². The molecule has 0 saturated carbocycles. The van der Waals surface area contributed by atoms with Crippen LogP contribution in [0.2, 0.25) is 0 Å². The van der Waals surface area contributed by atoms with Crippen molar-refractivity contribution in [2.45, 2.75) is 65.3 Å². The molecule has 1 fully saturated rings. The van der Waals surface area contributed by atoms with Crippen molar-refractivity contribution in [1.29, 1.82) is 0 Å². The summed E-state index contributed by atoms with van der Waals surface area (Å²) in [5, 5.41) is 10.2. The highest BCUT2D eigenvalue weighted by atomic mass is 16.7. The summed E-state index contributed by atoms with van der Waals surface area (Å²) in [4.78, 5) is 0. The van der Waals surface area contributed by atoms with Crippen LogP contribution in [0.25, 0.3) is 0 Å². The van der Waals surface area contributed by atoms with Gasteiger partial charge in [-0.2, -0.15) is 0 Å². The zero-order chi connectivity index (χ0) is 12.9. The van der Waals surface area contributed by atoms with Gasteiger partial charge in [-0.05, 0) is 25.2 Å². The van der Waals surface area contributed by atoms with E-state index >= 15 is 0 Å². The quantitative estimate of drug-likeness (QED) is 0.754. The molecule has 1 N–H and O–H groups in total. The highest BCUT2D eigenvalue weighted by Gasteiger charge is 2.34. The zero-order valence-electron chi connectivity index (χ0n) is 11.4. The normalized spacial score (nSPS) is 24.4. The van der Waals surface area contributed by atoms with Gasteiger partial charge in [-0.15, -0.1) is 0 Å². The van der Waals surface area contributed by atoms with Crippen molar-refractivity contribution in [3.63, 3.8) is 0 Å². The molecule has 0 bridgehead atoms. The van der Waals surface area contributed by atoms with Gasteiger partial charge in [0, 0.05) is 12.8 Å². The number of hydrogen-bond donors (Lipinski definition) is 1. The van der Waals surface area contributed by atoms with Gasteiger partial charge in [-0.1, -0.05) is 26.7 Å². The summed E-state index contributed by atoms with van der Waals surface area (Å²) in [6.07, 6.45) is 6.01. The van der Waals surface area contributed by atoms with E-state index in [2.05, 4.69) is 12.0 Å². The first kappa shape index (κ1) is 14.3. The third-order valence-electron chi connectivity index (χ3n) is 3.45. The fourth-order valence-corrected chi connectivity index (χ4v) is 1.38. The fourth-order valence-electron chi connectivity index (χ4n) is 1.38. The first-order valence-corrected chi connectivity index (χ1v) is 6.30. The monoisotopic (exact) mass is 240 g/mol. The van der Waals surface area contributed by atoms with E-state index in [1.54, 1.807) is 6.92 Å². The van der Waals surface area contributed by atoms with E-state index in [1.165, 1.54) is 0 Å². The van der Waals surface area contributed by atoms with Crippen LogP contribution >= 0.6 is 0 Å². The predicted octanol–water partition coefficient (Wildman–Crippen LogP) is 2.68. The van der Waals surface area contributed by atoms with E-state index < -0.39 is 5.60 Å². The molecule has 1 aliphatic heterocycles. The minimum absolute atomic E-state index is 0.184. The Hall–Kier alpha value is -0.720. The van der Waals surface area contributed by atoms with Gasteiger partial charge in [-0.3, -0.25) is 0 Å². The molecule has 1 rings (SSSR count). The lowest BCUT2D eigenvalue weighted by Crippen LogP contribution is -2.39. The van der Waals surface area contributed by atoms with Crippen LogP contribution in [0, 0.1) is 17.4 Å². The van der Waals surface area contributed by atoms with E-state index in [-0.39, 0.29) is 11.7 Å². The van der Waals surface area contributed by atoms with Crippen LogP contribution in [0.1, 0.15) is 53.4 Å². The molecule has 0 aromatic rings. The second-order valence-electron chi connectivity index (χ2n) is 5.89. The van der Waals surface area contributed by atoms with Crippen LogP contribution in [0.4, 0.5) is 0 Å². The maximum Gasteiger partial charge on any atom is 0.210 e. The molecule has 1 saturated heterocycles. The van der Waals surface area contributed by atoms with Crippen LogP contribution in [0.15, 0.2) is 0 Å². The van der Waals surface area contributed by atoms with E-state index in [1.807, 2.05) is 20.8 Å². The fraction of sp³-hybridized carbons (Fsp3) is 0.857. The molecule has 3 nitrogen and oxygen atoms in total. The molecule has 0 aromatic carbocycles. The molecule has 3 heteroatoms. The minimum Gasteiger partial charge on any atom is -0.414 e. The van der Waals surface area contributed by atoms with Gasteiger partial charge in [0.2, 0.25) is 6.29 Å². The van der Waals surface area contributed by atoms with Crippen LogP contribution in [-0.4, -0.2) is 23.6 Å². The Morgan fingerprint density at radius 3 is 2.53 bits per heavy atom. The van der Waals surface area contributed by atoms with Crippen molar-refractivity contribution in [2.75, 3.05) is 6.61 Å². The Morgan fingerprint density at radius 2 is 2.00 bits per heavy atom. The SMILES string of the molecule is CC(C)(C)C(C)(O)CC#COC1CCCCO1. The molecule has 17 heavy (non-hydrogen) atoms. The molecular weight excluding hydrogens is 216 g/mol. The lowest BCUT2D eigenvalue weighted by atomic mass is 9.76. The number of rotatable bonds is 2. The summed E-state index contributed by atoms with van der Waals surface area (Å²) in [6.45, 7) is 8.56. The van der Waals surface area contributed by atoms with E-state index in [4.69, 9.17) is 9.47 Å². The van der Waals surface area contributed by atoms with Gasteiger partial charge in [0.25, 0.3) is 0 Å². The summed E-state index contributed by atoms with van der Waals surface area (Å²) in [5.74, 6) is 2.88. The molecule has 0 radical (unpaired) electrons. The molecule has 2 unspecified atom stereocenters. The summed E-state index contributed by atoms with van der Waals surface area (Å²) >= 11 is 0. The van der Waals surface area contributed by atoms with E-state index in [0.29, 0.717) is 6.42 Å². The van der Waals surface area contributed by atoms with Crippen molar-refractivity contribution in [1.82, 2.24) is 0 Å². The molecule has 2 atom stereocenters. The highest BCUT2D eigenvalue weighted by Crippen LogP contribution is 2.32. The number of ether oxygens (including phenoxy) is 2. The van der Waals surface area contributed by atoms with Crippen molar-refractivity contribution in [3.8, 4) is 12.0 Å². The van der Waals surface area contributed by atoms with Crippen LogP contribution in [-0.2, 0) is 9.47 Å².